The number of halogens is 2. The Morgan fingerprint density at radius 1 is 1.25 bits per heavy atom. The molecule has 1 aliphatic carbocycles. The van der Waals surface area contributed by atoms with Crippen molar-refractivity contribution in [1.82, 2.24) is 10.6 Å². The van der Waals surface area contributed by atoms with Gasteiger partial charge in [-0.05, 0) is 53.4 Å². The van der Waals surface area contributed by atoms with E-state index in [0.717, 1.165) is 21.8 Å². The highest BCUT2D eigenvalue weighted by Gasteiger charge is 2.22. The van der Waals surface area contributed by atoms with E-state index in [1.807, 2.05) is 12.1 Å². The summed E-state index contributed by atoms with van der Waals surface area (Å²) >= 11 is 6.69. The summed E-state index contributed by atoms with van der Waals surface area (Å²) in [6.07, 6.45) is 3.30. The summed E-state index contributed by atoms with van der Waals surface area (Å²) in [4.78, 5) is 23.5. The van der Waals surface area contributed by atoms with Crippen LogP contribution in [0.4, 0.5) is 0 Å². The molecule has 1 aliphatic rings. The molecule has 6 heteroatoms. The third kappa shape index (κ3) is 4.90. The molecule has 1 aromatic carbocycles. The second-order valence-electron chi connectivity index (χ2n) is 4.83. The smallest absolute Gasteiger partial charge is 0.252 e. The molecule has 0 atom stereocenters. The average molecular weight is 404 g/mol. The van der Waals surface area contributed by atoms with Gasteiger partial charge in [0.05, 0.1) is 5.56 Å². The van der Waals surface area contributed by atoms with Gasteiger partial charge >= 0.3 is 0 Å². The van der Waals surface area contributed by atoms with Crippen molar-refractivity contribution in [1.29, 1.82) is 0 Å². The minimum absolute atomic E-state index is 0.0744. The Morgan fingerprint density at radius 2 is 2.00 bits per heavy atom. The second-order valence-corrected chi connectivity index (χ2v) is 6.60. The maximum atomic E-state index is 12.0. The van der Waals surface area contributed by atoms with Crippen LogP contribution < -0.4 is 10.6 Å². The first-order valence-corrected chi connectivity index (χ1v) is 8.17. The minimum atomic E-state index is -0.138. The van der Waals surface area contributed by atoms with Crippen molar-refractivity contribution < 1.29 is 9.59 Å². The molecule has 0 heterocycles. The van der Waals surface area contributed by atoms with Crippen LogP contribution in [0.3, 0.4) is 0 Å². The largest absolute Gasteiger partial charge is 0.353 e. The summed E-state index contributed by atoms with van der Waals surface area (Å²) in [6, 6.07) is 5.85. The van der Waals surface area contributed by atoms with Crippen molar-refractivity contribution in [3.63, 3.8) is 0 Å². The molecule has 1 aromatic rings. The normalized spacial score (nSPS) is 13.9. The molecule has 2 rings (SSSR count). The number of hydrogen-bond donors (Lipinski definition) is 2. The van der Waals surface area contributed by atoms with Gasteiger partial charge in [-0.25, -0.2) is 0 Å². The van der Waals surface area contributed by atoms with E-state index in [-0.39, 0.29) is 11.8 Å². The third-order valence-electron chi connectivity index (χ3n) is 2.98. The van der Waals surface area contributed by atoms with Crippen LogP contribution >= 0.6 is 31.9 Å². The van der Waals surface area contributed by atoms with Gasteiger partial charge in [0.15, 0.2) is 0 Å². The van der Waals surface area contributed by atoms with Gasteiger partial charge in [-0.1, -0.05) is 15.9 Å². The molecule has 2 amide bonds. The van der Waals surface area contributed by atoms with Gasteiger partial charge in [0.2, 0.25) is 5.91 Å². The Hall–Kier alpha value is -0.880. The van der Waals surface area contributed by atoms with Crippen LogP contribution in [-0.2, 0) is 4.79 Å². The molecule has 1 saturated carbocycles. The summed E-state index contributed by atoms with van der Waals surface area (Å²) in [5, 5.41) is 5.75. The van der Waals surface area contributed by atoms with E-state index in [1.165, 1.54) is 0 Å². The first-order chi connectivity index (χ1) is 9.56. The van der Waals surface area contributed by atoms with Crippen molar-refractivity contribution >= 4 is 43.7 Å². The molecule has 0 bridgehead atoms. The molecule has 0 spiro atoms. The number of nitrogens with one attached hydrogen (secondary N) is 2. The van der Waals surface area contributed by atoms with Gasteiger partial charge in [0.25, 0.3) is 5.91 Å². The fraction of sp³-hybridized carbons (Fsp3) is 0.429. The summed E-state index contributed by atoms with van der Waals surface area (Å²) in [7, 11) is 0. The van der Waals surface area contributed by atoms with Crippen LogP contribution in [0, 0.1) is 0 Å². The first kappa shape index (κ1) is 15.5. The predicted octanol–water partition coefficient (Wildman–Crippen LogP) is 3.00. The molecular formula is C14H16Br2N2O2. The van der Waals surface area contributed by atoms with Gasteiger partial charge < -0.3 is 10.6 Å². The SMILES string of the molecule is O=C(CCCNC(=O)c1cc(Br)ccc1Br)NC1CC1. The van der Waals surface area contributed by atoms with Crippen molar-refractivity contribution in [2.75, 3.05) is 6.54 Å². The molecule has 20 heavy (non-hydrogen) atoms. The maximum absolute atomic E-state index is 12.0. The predicted molar refractivity (Wildman–Crippen MR) is 84.6 cm³/mol. The molecular weight excluding hydrogens is 388 g/mol. The summed E-state index contributed by atoms with van der Waals surface area (Å²) in [5.74, 6) is -0.0637. The Morgan fingerprint density at radius 3 is 2.70 bits per heavy atom. The summed E-state index contributed by atoms with van der Waals surface area (Å²) < 4.78 is 1.61. The fourth-order valence-corrected chi connectivity index (χ4v) is 2.53. The van der Waals surface area contributed by atoms with Crippen LogP contribution in [-0.4, -0.2) is 24.4 Å². The quantitative estimate of drug-likeness (QED) is 0.717. The molecule has 1 fully saturated rings. The highest BCUT2D eigenvalue weighted by Crippen LogP contribution is 2.21. The van der Waals surface area contributed by atoms with Crippen molar-refractivity contribution in [2.45, 2.75) is 31.7 Å². The average Bonchev–Trinajstić information content (AvgIpc) is 3.21. The third-order valence-corrected chi connectivity index (χ3v) is 4.17. The molecule has 4 nitrogen and oxygen atoms in total. The zero-order valence-electron chi connectivity index (χ0n) is 10.9. The van der Waals surface area contributed by atoms with E-state index in [2.05, 4.69) is 42.5 Å². The Balaban J connectivity index is 1.71. The molecule has 108 valence electrons. The lowest BCUT2D eigenvalue weighted by atomic mass is 10.2. The van der Waals surface area contributed by atoms with Crippen molar-refractivity contribution in [2.24, 2.45) is 0 Å². The second kappa shape index (κ2) is 7.22. The van der Waals surface area contributed by atoms with Gasteiger partial charge in [0.1, 0.15) is 0 Å². The lowest BCUT2D eigenvalue weighted by molar-refractivity contribution is -0.121. The van der Waals surface area contributed by atoms with E-state index in [4.69, 9.17) is 0 Å². The minimum Gasteiger partial charge on any atom is -0.353 e. The molecule has 2 N–H and O–H groups in total. The van der Waals surface area contributed by atoms with E-state index in [0.29, 0.717) is 31.0 Å². The molecule has 0 radical (unpaired) electrons. The number of hydrogen-bond acceptors (Lipinski definition) is 2. The van der Waals surface area contributed by atoms with E-state index >= 15 is 0 Å². The fourth-order valence-electron chi connectivity index (χ4n) is 1.75. The number of carbonyl (C=O) groups is 2. The Labute approximate surface area is 135 Å². The van der Waals surface area contributed by atoms with Gasteiger partial charge in [-0.2, -0.15) is 0 Å². The maximum Gasteiger partial charge on any atom is 0.252 e. The molecule has 0 aromatic heterocycles. The van der Waals surface area contributed by atoms with Crippen LogP contribution in [0.2, 0.25) is 0 Å². The van der Waals surface area contributed by atoms with E-state index in [9.17, 15) is 9.59 Å². The zero-order chi connectivity index (χ0) is 14.5. The number of benzene rings is 1. The Bertz CT molecular complexity index is 516. The van der Waals surface area contributed by atoms with Crippen LogP contribution in [0.5, 0.6) is 0 Å². The summed E-state index contributed by atoms with van der Waals surface area (Å²) in [5.41, 5.74) is 0.585. The Kier molecular flexibility index (Phi) is 5.60. The van der Waals surface area contributed by atoms with E-state index < -0.39 is 0 Å². The van der Waals surface area contributed by atoms with Crippen LogP contribution in [0.15, 0.2) is 27.1 Å². The monoisotopic (exact) mass is 402 g/mol. The van der Waals surface area contributed by atoms with Crippen LogP contribution in [0.25, 0.3) is 0 Å². The van der Waals surface area contributed by atoms with Crippen molar-refractivity contribution in [3.05, 3.63) is 32.7 Å². The topological polar surface area (TPSA) is 58.2 Å². The molecule has 0 aliphatic heterocycles. The van der Waals surface area contributed by atoms with Gasteiger partial charge in [0, 0.05) is 28.0 Å². The van der Waals surface area contributed by atoms with Crippen LogP contribution in [0.1, 0.15) is 36.0 Å². The van der Waals surface area contributed by atoms with Gasteiger partial charge in [-0.15, -0.1) is 0 Å². The highest BCUT2D eigenvalue weighted by molar-refractivity contribution is 9.11. The standard InChI is InChI=1S/C14H16Br2N2O2/c15-9-3-6-12(16)11(8-9)14(20)17-7-1-2-13(19)18-10-4-5-10/h3,6,8,10H,1-2,4-5,7H2,(H,17,20)(H,18,19). The highest BCUT2D eigenvalue weighted by atomic mass is 79.9. The number of carbonyl (C=O) groups excluding carboxylic acids is 2. The zero-order valence-corrected chi connectivity index (χ0v) is 14.1. The molecule has 0 unspecified atom stereocenters. The first-order valence-electron chi connectivity index (χ1n) is 6.59. The number of amides is 2. The van der Waals surface area contributed by atoms with Gasteiger partial charge in [-0.3, -0.25) is 9.59 Å². The lowest BCUT2D eigenvalue weighted by Crippen LogP contribution is -2.28. The van der Waals surface area contributed by atoms with Crippen molar-refractivity contribution in [3.8, 4) is 0 Å². The molecule has 0 saturated heterocycles. The summed E-state index contributed by atoms with van der Waals surface area (Å²) in [6.45, 7) is 0.496. The number of rotatable bonds is 6. The lowest BCUT2D eigenvalue weighted by Gasteiger charge is -2.07. The van der Waals surface area contributed by atoms with E-state index in [1.54, 1.807) is 6.07 Å².